The summed E-state index contributed by atoms with van der Waals surface area (Å²) in [6.07, 6.45) is 4.50. The Kier molecular flexibility index (Phi) is 8.16. The largest absolute Gasteiger partial charge is 0.380 e. The van der Waals surface area contributed by atoms with Crippen LogP contribution in [-0.2, 0) is 4.79 Å². The molecule has 2 aromatic rings. The van der Waals surface area contributed by atoms with E-state index >= 15 is 0 Å². The number of carbonyl (C=O) groups excluding carboxylic acids is 1. The topological polar surface area (TPSA) is 171 Å². The fraction of sp³-hybridized carbons (Fsp3) is 0.200. The van der Waals surface area contributed by atoms with E-state index in [-0.39, 0.29) is 29.9 Å². The van der Waals surface area contributed by atoms with Crippen molar-refractivity contribution in [1.29, 1.82) is 0 Å². The number of nitrogens with zero attached hydrogens (tertiary/aromatic N) is 5. The lowest BCUT2D eigenvalue weighted by Crippen LogP contribution is -2.22. The molecule has 2 heterocycles. The molecule has 25 heavy (non-hydrogen) atoms. The Morgan fingerprint density at radius 3 is 2.28 bits per heavy atom. The molecular formula is C15H21N9O. The molecule has 0 unspecified atom stereocenters. The number of rotatable bonds is 5. The molecule has 7 N–H and O–H groups in total. The van der Waals surface area contributed by atoms with E-state index in [0.717, 1.165) is 0 Å². The predicted molar refractivity (Wildman–Crippen MR) is 96.7 cm³/mol. The summed E-state index contributed by atoms with van der Waals surface area (Å²) in [5.41, 5.74) is 17.6. The number of nitrogens with one attached hydrogen (secondary N) is 1. The first-order chi connectivity index (χ1) is 12.1. The van der Waals surface area contributed by atoms with Gasteiger partial charge in [-0.2, -0.15) is 0 Å². The molecular weight excluding hydrogens is 322 g/mol. The van der Waals surface area contributed by atoms with Crippen LogP contribution in [-0.4, -0.2) is 39.1 Å². The molecule has 0 aliphatic heterocycles. The Labute approximate surface area is 145 Å². The van der Waals surface area contributed by atoms with Crippen LogP contribution in [0.1, 0.15) is 25.4 Å². The second-order valence-corrected chi connectivity index (χ2v) is 4.23. The van der Waals surface area contributed by atoms with Crippen molar-refractivity contribution in [2.45, 2.75) is 13.8 Å². The van der Waals surface area contributed by atoms with E-state index in [1.807, 2.05) is 13.8 Å². The molecule has 10 heteroatoms. The van der Waals surface area contributed by atoms with E-state index in [4.69, 9.17) is 17.2 Å². The highest BCUT2D eigenvalue weighted by atomic mass is 16.1. The molecule has 0 aromatic carbocycles. The minimum Gasteiger partial charge on any atom is -0.380 e. The zero-order valence-corrected chi connectivity index (χ0v) is 14.0. The fourth-order valence-electron chi connectivity index (χ4n) is 1.47. The van der Waals surface area contributed by atoms with Crippen LogP contribution in [0.5, 0.6) is 0 Å². The van der Waals surface area contributed by atoms with Crippen LogP contribution in [0.15, 0.2) is 47.0 Å². The van der Waals surface area contributed by atoms with Gasteiger partial charge in [0.1, 0.15) is 5.69 Å². The number of carbonyl (C=O) groups is 1. The molecule has 1 amide bonds. The molecule has 0 spiro atoms. The smallest absolute Gasteiger partial charge is 0.238 e. The maximum atomic E-state index is 11.2. The summed E-state index contributed by atoms with van der Waals surface area (Å²) in [5.74, 6) is 0.0132. The Morgan fingerprint density at radius 1 is 1.08 bits per heavy atom. The minimum absolute atomic E-state index is 0.0281. The molecule has 0 aliphatic carbocycles. The van der Waals surface area contributed by atoms with Crippen molar-refractivity contribution in [1.82, 2.24) is 15.0 Å². The molecule has 0 saturated heterocycles. The van der Waals surface area contributed by atoms with Crippen LogP contribution in [0, 0.1) is 0 Å². The Hall–Kier alpha value is -3.40. The van der Waals surface area contributed by atoms with E-state index in [2.05, 4.69) is 30.5 Å². The van der Waals surface area contributed by atoms with Crippen molar-refractivity contribution in [3.63, 3.8) is 0 Å². The average Bonchev–Trinajstić information content (AvgIpc) is 2.68. The molecule has 0 atom stereocenters. The number of nitrogens with two attached hydrogens (primary N) is 3. The van der Waals surface area contributed by atoms with Gasteiger partial charge >= 0.3 is 0 Å². The highest BCUT2D eigenvalue weighted by molar-refractivity contribution is 5.98. The van der Waals surface area contributed by atoms with Crippen molar-refractivity contribution in [2.24, 2.45) is 27.4 Å². The quantitative estimate of drug-likeness (QED) is 0.331. The van der Waals surface area contributed by atoms with Gasteiger partial charge in [-0.1, -0.05) is 13.8 Å². The molecule has 0 saturated carbocycles. The number of pyridine rings is 1. The molecule has 0 radical (unpaired) electrons. The summed E-state index contributed by atoms with van der Waals surface area (Å²) in [7, 11) is 0. The van der Waals surface area contributed by atoms with Crippen LogP contribution < -0.4 is 22.5 Å². The summed E-state index contributed by atoms with van der Waals surface area (Å²) in [6, 6.07) is 4.85. The van der Waals surface area contributed by atoms with Gasteiger partial charge in [0.15, 0.2) is 17.5 Å². The zero-order chi connectivity index (χ0) is 18.7. The van der Waals surface area contributed by atoms with Gasteiger partial charge in [0.25, 0.3) is 0 Å². The van der Waals surface area contributed by atoms with Gasteiger partial charge in [-0.3, -0.25) is 9.78 Å². The fourth-order valence-corrected chi connectivity index (χ4v) is 1.47. The van der Waals surface area contributed by atoms with E-state index in [1.165, 1.54) is 18.6 Å². The SMILES string of the molecule is CC.NCC(=O)Nc1ccc(/C(N)=N/N=C(\N)c2ncccn2)nc1. The lowest BCUT2D eigenvalue weighted by molar-refractivity contribution is -0.114. The van der Waals surface area contributed by atoms with Crippen LogP contribution >= 0.6 is 0 Å². The molecule has 0 bridgehead atoms. The highest BCUT2D eigenvalue weighted by Crippen LogP contribution is 2.06. The van der Waals surface area contributed by atoms with E-state index in [0.29, 0.717) is 11.4 Å². The summed E-state index contributed by atoms with van der Waals surface area (Å²) >= 11 is 0. The lowest BCUT2D eigenvalue weighted by atomic mass is 10.3. The number of amidine groups is 2. The third-order valence-electron chi connectivity index (χ3n) is 2.56. The molecule has 2 rings (SSSR count). The van der Waals surface area contributed by atoms with Crippen molar-refractivity contribution < 1.29 is 4.79 Å². The van der Waals surface area contributed by atoms with E-state index < -0.39 is 0 Å². The highest BCUT2D eigenvalue weighted by Gasteiger charge is 2.04. The second-order valence-electron chi connectivity index (χ2n) is 4.23. The number of hydrogen-bond acceptors (Lipinski definition) is 7. The van der Waals surface area contributed by atoms with Crippen molar-refractivity contribution in [3.8, 4) is 0 Å². The maximum Gasteiger partial charge on any atom is 0.238 e. The third kappa shape index (κ3) is 6.31. The van der Waals surface area contributed by atoms with Crippen molar-refractivity contribution in [3.05, 3.63) is 48.3 Å². The van der Waals surface area contributed by atoms with Gasteiger partial charge in [0.2, 0.25) is 5.91 Å². The summed E-state index contributed by atoms with van der Waals surface area (Å²) in [5, 5.41) is 10.1. The Bertz CT molecular complexity index is 726. The first-order valence-corrected chi connectivity index (χ1v) is 7.50. The van der Waals surface area contributed by atoms with Gasteiger partial charge in [-0.15, -0.1) is 10.2 Å². The number of amides is 1. The number of aromatic nitrogens is 3. The third-order valence-corrected chi connectivity index (χ3v) is 2.56. The van der Waals surface area contributed by atoms with Gasteiger partial charge in [-0.05, 0) is 18.2 Å². The van der Waals surface area contributed by atoms with Gasteiger partial charge in [0.05, 0.1) is 18.4 Å². The van der Waals surface area contributed by atoms with Crippen LogP contribution in [0.2, 0.25) is 0 Å². The standard InChI is InChI=1S/C13H15N9O.C2H6/c14-6-10(23)20-8-2-3-9(19-7-8)11(15)21-22-12(16)13-17-4-1-5-18-13;1-2/h1-5,7H,6,14H2,(H2,15,21)(H2,16,22)(H,20,23);1-2H3. The first kappa shape index (κ1) is 19.6. The summed E-state index contributed by atoms with van der Waals surface area (Å²) in [6.45, 7) is 3.89. The molecule has 0 aliphatic rings. The monoisotopic (exact) mass is 343 g/mol. The molecule has 0 fully saturated rings. The second kappa shape index (κ2) is 10.4. The molecule has 10 nitrogen and oxygen atoms in total. The van der Waals surface area contributed by atoms with Crippen LogP contribution in [0.4, 0.5) is 5.69 Å². The minimum atomic E-state index is -0.318. The average molecular weight is 343 g/mol. The maximum absolute atomic E-state index is 11.2. The van der Waals surface area contributed by atoms with Gasteiger partial charge in [-0.25, -0.2) is 9.97 Å². The lowest BCUT2D eigenvalue weighted by Gasteiger charge is -2.03. The first-order valence-electron chi connectivity index (χ1n) is 7.50. The van der Waals surface area contributed by atoms with Crippen molar-refractivity contribution in [2.75, 3.05) is 11.9 Å². The summed E-state index contributed by atoms with van der Waals surface area (Å²) < 4.78 is 0. The Balaban J connectivity index is 0.00000151. The van der Waals surface area contributed by atoms with Gasteiger partial charge in [0, 0.05) is 12.4 Å². The summed E-state index contributed by atoms with van der Waals surface area (Å²) in [4.78, 5) is 23.1. The molecule has 2 aromatic heterocycles. The van der Waals surface area contributed by atoms with E-state index in [9.17, 15) is 4.79 Å². The van der Waals surface area contributed by atoms with Crippen LogP contribution in [0.3, 0.4) is 0 Å². The van der Waals surface area contributed by atoms with Gasteiger partial charge < -0.3 is 22.5 Å². The predicted octanol–water partition coefficient (Wildman–Crippen LogP) is -0.179. The zero-order valence-electron chi connectivity index (χ0n) is 14.0. The van der Waals surface area contributed by atoms with E-state index in [1.54, 1.807) is 18.2 Å². The van der Waals surface area contributed by atoms with Crippen LogP contribution in [0.25, 0.3) is 0 Å². The van der Waals surface area contributed by atoms with Crippen molar-refractivity contribution >= 4 is 23.3 Å². The molecule has 132 valence electrons. The normalized spacial score (nSPS) is 11.3. The Morgan fingerprint density at radius 2 is 1.72 bits per heavy atom. The number of hydrogen-bond donors (Lipinski definition) is 4. The number of anilines is 1.